The normalized spacial score (nSPS) is 11.4. The summed E-state index contributed by atoms with van der Waals surface area (Å²) in [4.78, 5) is 13.2. The molecule has 3 aromatic carbocycles. The van der Waals surface area contributed by atoms with Crippen LogP contribution in [0.25, 0.3) is 21.5 Å². The van der Waals surface area contributed by atoms with E-state index in [9.17, 15) is 4.79 Å². The van der Waals surface area contributed by atoms with E-state index in [4.69, 9.17) is 18.9 Å². The topological polar surface area (TPSA) is 54.0 Å². The number of fused-ring (bicyclic) bond motifs is 2. The van der Waals surface area contributed by atoms with E-state index in [1.807, 2.05) is 48.5 Å². The molecule has 0 aromatic heterocycles. The van der Waals surface area contributed by atoms with Crippen molar-refractivity contribution in [2.24, 2.45) is 0 Å². The molecule has 0 bridgehead atoms. The molecule has 0 radical (unpaired) electrons. The van der Waals surface area contributed by atoms with Crippen molar-refractivity contribution in [2.75, 3.05) is 46.8 Å². The molecule has 0 amide bonds. The summed E-state index contributed by atoms with van der Waals surface area (Å²) in [5.74, 6) is 3.09. The summed E-state index contributed by atoms with van der Waals surface area (Å²) < 4.78 is 21.4. The monoisotopic (exact) mass is 464 g/mol. The molecule has 0 fully saturated rings. The quantitative estimate of drug-likeness (QED) is 0.138. The predicted molar refractivity (Wildman–Crippen MR) is 135 cm³/mol. The Labute approximate surface area is 197 Å². The zero-order chi connectivity index (χ0) is 23.7. The second-order valence-electron chi connectivity index (χ2n) is 8.69. The molecule has 0 saturated carbocycles. The third-order valence-electron chi connectivity index (χ3n) is 4.96. The second-order valence-corrected chi connectivity index (χ2v) is 13.4. The molecule has 0 heterocycles. The van der Waals surface area contributed by atoms with Crippen molar-refractivity contribution in [3.8, 4) is 11.5 Å². The van der Waals surface area contributed by atoms with Gasteiger partial charge in [0.1, 0.15) is 14.7 Å². The van der Waals surface area contributed by atoms with E-state index in [1.54, 1.807) is 7.11 Å². The van der Waals surface area contributed by atoms with Gasteiger partial charge in [0.25, 0.3) is 0 Å². The molecular weight excluding hydrogens is 432 g/mol. The van der Waals surface area contributed by atoms with E-state index >= 15 is 0 Å². The smallest absolute Gasteiger partial charge is 0.339 e. The van der Waals surface area contributed by atoms with Crippen LogP contribution in [0.5, 0.6) is 0 Å². The van der Waals surface area contributed by atoms with Crippen LogP contribution in [0.3, 0.4) is 0 Å². The van der Waals surface area contributed by atoms with Gasteiger partial charge >= 0.3 is 5.97 Å². The van der Waals surface area contributed by atoms with Gasteiger partial charge < -0.3 is 18.9 Å². The van der Waals surface area contributed by atoms with Crippen LogP contribution in [0.4, 0.5) is 0 Å². The molecule has 0 aliphatic heterocycles. The molecule has 3 aromatic rings. The van der Waals surface area contributed by atoms with E-state index in [1.165, 1.54) is 0 Å². The molecule has 33 heavy (non-hydrogen) atoms. The Morgan fingerprint density at radius 1 is 0.758 bits per heavy atom. The fourth-order valence-electron chi connectivity index (χ4n) is 3.46. The Bertz CT molecular complexity index is 1100. The van der Waals surface area contributed by atoms with Crippen LogP contribution in [0, 0.1) is 11.5 Å². The first kappa shape index (κ1) is 24.9. The largest absolute Gasteiger partial charge is 0.460 e. The van der Waals surface area contributed by atoms with Gasteiger partial charge in [-0.05, 0) is 21.5 Å². The number of carbonyl (C=O) groups excluding carboxylic acids is 1. The highest BCUT2D eigenvalue weighted by atomic mass is 28.3. The van der Waals surface area contributed by atoms with Gasteiger partial charge in [0, 0.05) is 12.7 Å². The van der Waals surface area contributed by atoms with Gasteiger partial charge in [-0.3, -0.25) is 0 Å². The van der Waals surface area contributed by atoms with Crippen molar-refractivity contribution in [3.63, 3.8) is 0 Å². The van der Waals surface area contributed by atoms with Gasteiger partial charge in [-0.15, -0.1) is 5.54 Å². The number of methoxy groups -OCH3 is 1. The van der Waals surface area contributed by atoms with Crippen molar-refractivity contribution in [3.05, 3.63) is 59.7 Å². The van der Waals surface area contributed by atoms with Crippen molar-refractivity contribution < 1.29 is 23.7 Å². The zero-order valence-electron chi connectivity index (χ0n) is 19.9. The Hall–Kier alpha value is -2.69. The van der Waals surface area contributed by atoms with Crippen molar-refractivity contribution in [1.29, 1.82) is 0 Å². The summed E-state index contributed by atoms with van der Waals surface area (Å²) in [5.41, 5.74) is 5.02. The minimum atomic E-state index is -1.57. The molecule has 0 aliphatic carbocycles. The maximum atomic E-state index is 13.2. The van der Waals surface area contributed by atoms with Gasteiger partial charge in [-0.1, -0.05) is 74.1 Å². The van der Waals surface area contributed by atoms with Gasteiger partial charge in [-0.2, -0.15) is 0 Å². The third-order valence-corrected chi connectivity index (χ3v) is 5.84. The average Bonchev–Trinajstić information content (AvgIpc) is 2.80. The fraction of sp³-hybridized carbons (Fsp3) is 0.370. The van der Waals surface area contributed by atoms with Crippen LogP contribution < -0.4 is 0 Å². The van der Waals surface area contributed by atoms with Crippen molar-refractivity contribution >= 4 is 35.6 Å². The predicted octanol–water partition coefficient (Wildman–Crippen LogP) is 5.06. The zero-order valence-corrected chi connectivity index (χ0v) is 20.9. The van der Waals surface area contributed by atoms with Crippen LogP contribution in [0.1, 0.15) is 15.9 Å². The van der Waals surface area contributed by atoms with Gasteiger partial charge in [0.15, 0.2) is 0 Å². The number of rotatable bonds is 10. The highest BCUT2D eigenvalue weighted by Gasteiger charge is 2.19. The van der Waals surface area contributed by atoms with Crippen molar-refractivity contribution in [2.45, 2.75) is 19.6 Å². The van der Waals surface area contributed by atoms with E-state index in [0.717, 1.165) is 27.1 Å². The molecule has 0 aliphatic rings. The maximum absolute atomic E-state index is 13.2. The average molecular weight is 465 g/mol. The van der Waals surface area contributed by atoms with Crippen molar-refractivity contribution in [1.82, 2.24) is 0 Å². The number of hydrogen-bond acceptors (Lipinski definition) is 5. The summed E-state index contributed by atoms with van der Waals surface area (Å²) in [6.45, 7) is 9.18. The molecular formula is C27H32O5Si. The first-order valence-electron chi connectivity index (χ1n) is 11.2. The molecule has 6 heteroatoms. The molecule has 174 valence electrons. The lowest BCUT2D eigenvalue weighted by Gasteiger charge is -2.14. The Balaban J connectivity index is 1.82. The maximum Gasteiger partial charge on any atom is 0.339 e. The highest BCUT2D eigenvalue weighted by molar-refractivity contribution is 6.83. The lowest BCUT2D eigenvalue weighted by Crippen LogP contribution is -2.16. The highest BCUT2D eigenvalue weighted by Crippen LogP contribution is 2.33. The lowest BCUT2D eigenvalue weighted by atomic mass is 9.92. The van der Waals surface area contributed by atoms with Crippen LogP contribution in [0.15, 0.2) is 48.5 Å². The molecule has 3 rings (SSSR count). The lowest BCUT2D eigenvalue weighted by molar-refractivity contribution is 0.00584. The second kappa shape index (κ2) is 12.0. The molecule has 0 spiro atoms. The minimum Gasteiger partial charge on any atom is -0.460 e. The van der Waals surface area contributed by atoms with Gasteiger partial charge in [0.2, 0.25) is 0 Å². The molecule has 0 N–H and O–H groups in total. The van der Waals surface area contributed by atoms with E-state index in [2.05, 4.69) is 31.1 Å². The van der Waals surface area contributed by atoms with Crippen LogP contribution in [-0.4, -0.2) is 60.8 Å². The van der Waals surface area contributed by atoms with Crippen LogP contribution in [-0.2, 0) is 18.9 Å². The number of esters is 1. The van der Waals surface area contributed by atoms with Gasteiger partial charge in [0.05, 0.1) is 38.6 Å². The summed E-state index contributed by atoms with van der Waals surface area (Å²) in [7, 11) is 0.0635. The summed E-state index contributed by atoms with van der Waals surface area (Å²) in [6, 6.07) is 15.8. The fourth-order valence-corrected chi connectivity index (χ4v) is 3.96. The van der Waals surface area contributed by atoms with Crippen LogP contribution in [0.2, 0.25) is 19.6 Å². The molecule has 0 unspecified atom stereocenters. The molecule has 0 atom stereocenters. The first-order valence-corrected chi connectivity index (χ1v) is 14.7. The molecule has 0 saturated heterocycles. The van der Waals surface area contributed by atoms with Gasteiger partial charge in [-0.25, -0.2) is 4.79 Å². The van der Waals surface area contributed by atoms with E-state index < -0.39 is 8.07 Å². The van der Waals surface area contributed by atoms with E-state index in [-0.39, 0.29) is 12.6 Å². The molecule has 5 nitrogen and oxygen atoms in total. The van der Waals surface area contributed by atoms with E-state index in [0.29, 0.717) is 38.6 Å². The summed E-state index contributed by atoms with van der Waals surface area (Å²) in [6.07, 6.45) is 0. The number of carbonyl (C=O) groups is 1. The Kier molecular flexibility index (Phi) is 9.04. The SMILES string of the molecule is COCCOCCOCCOC(=O)c1c2ccccc2c(C#C[Si](C)(C)C)c2ccccc12. The number of benzene rings is 3. The Morgan fingerprint density at radius 2 is 1.24 bits per heavy atom. The first-order chi connectivity index (χ1) is 15.9. The minimum absolute atomic E-state index is 0.177. The number of ether oxygens (including phenoxy) is 4. The Morgan fingerprint density at radius 3 is 1.76 bits per heavy atom. The standard InChI is InChI=1S/C27H32O5Si/c1-29-14-15-30-16-17-31-18-19-32-27(28)26-24-11-7-5-9-21(24)23(13-20-33(2,3)4)22-10-6-8-12-25(22)26/h5-12H,14-19H2,1-4H3. The van der Waals surface area contributed by atoms with Crippen LogP contribution >= 0.6 is 0 Å². The summed E-state index contributed by atoms with van der Waals surface area (Å²) in [5, 5.41) is 3.65. The third kappa shape index (κ3) is 6.89. The number of hydrogen-bond donors (Lipinski definition) is 0. The summed E-state index contributed by atoms with van der Waals surface area (Å²) >= 11 is 0.